The molecule has 1 N–H and O–H groups in total. The van der Waals surface area contributed by atoms with Gasteiger partial charge in [0, 0.05) is 13.6 Å². The van der Waals surface area contributed by atoms with Crippen LogP contribution in [0.15, 0.2) is 54.6 Å². The van der Waals surface area contributed by atoms with Crippen molar-refractivity contribution in [2.45, 2.75) is 45.2 Å². The fourth-order valence-electron chi connectivity index (χ4n) is 3.88. The Morgan fingerprint density at radius 2 is 1.63 bits per heavy atom. The van der Waals surface area contributed by atoms with E-state index in [1.807, 2.05) is 61.5 Å². The molecule has 158 valence electrons. The molecular weight excluding hydrogens is 378 g/mol. The van der Waals surface area contributed by atoms with Crippen LogP contribution in [0.3, 0.4) is 0 Å². The van der Waals surface area contributed by atoms with Crippen LogP contribution in [0.5, 0.6) is 0 Å². The Bertz CT molecular complexity index is 911. The van der Waals surface area contributed by atoms with Gasteiger partial charge in [0.1, 0.15) is 12.1 Å². The Balaban J connectivity index is 1.73. The summed E-state index contributed by atoms with van der Waals surface area (Å²) in [5.41, 5.74) is 1.87. The van der Waals surface area contributed by atoms with Gasteiger partial charge in [-0.1, -0.05) is 74.9 Å². The van der Waals surface area contributed by atoms with Gasteiger partial charge in [-0.3, -0.25) is 14.5 Å². The zero-order chi connectivity index (χ0) is 21.7. The lowest BCUT2D eigenvalue weighted by atomic mass is 9.85. The van der Waals surface area contributed by atoms with Crippen LogP contribution in [0.4, 0.5) is 4.79 Å². The van der Waals surface area contributed by atoms with Crippen molar-refractivity contribution in [3.8, 4) is 0 Å². The van der Waals surface area contributed by atoms with Gasteiger partial charge >= 0.3 is 6.03 Å². The predicted octanol–water partition coefficient (Wildman–Crippen LogP) is 3.45. The number of benzene rings is 2. The molecule has 1 saturated heterocycles. The third kappa shape index (κ3) is 4.22. The number of amides is 4. The highest BCUT2D eigenvalue weighted by molar-refractivity contribution is 6.09. The molecule has 0 aliphatic carbocycles. The second-order valence-electron chi connectivity index (χ2n) is 7.76. The molecule has 1 aliphatic rings. The Labute approximate surface area is 177 Å². The molecular formula is C24H29N3O3. The number of carbonyl (C=O) groups excluding carboxylic acids is 3. The third-order valence-corrected chi connectivity index (χ3v) is 5.64. The van der Waals surface area contributed by atoms with E-state index in [-0.39, 0.29) is 18.4 Å². The maximum absolute atomic E-state index is 13.3. The monoisotopic (exact) mass is 407 g/mol. The maximum Gasteiger partial charge on any atom is 0.325 e. The fourth-order valence-corrected chi connectivity index (χ4v) is 3.88. The lowest BCUT2D eigenvalue weighted by Crippen LogP contribution is -2.45. The number of carbonyl (C=O) groups is 3. The second-order valence-corrected chi connectivity index (χ2v) is 7.76. The molecule has 0 spiro atoms. The van der Waals surface area contributed by atoms with E-state index in [9.17, 15) is 14.4 Å². The van der Waals surface area contributed by atoms with Crippen LogP contribution in [0.2, 0.25) is 0 Å². The quantitative estimate of drug-likeness (QED) is 0.682. The molecule has 1 aliphatic heterocycles. The van der Waals surface area contributed by atoms with Crippen LogP contribution in [0.1, 0.15) is 43.4 Å². The molecule has 6 nitrogen and oxygen atoms in total. The maximum atomic E-state index is 13.3. The SMILES string of the molecule is CCC[C@@]1(c2ccccc2)NC(=O)N(CC(=O)N(C)Cc2ccc(CC)cc2)C1=O. The van der Waals surface area contributed by atoms with Crippen molar-refractivity contribution in [1.82, 2.24) is 15.1 Å². The van der Waals surface area contributed by atoms with Gasteiger partial charge in [0.05, 0.1) is 0 Å². The number of likely N-dealkylation sites (N-methyl/N-ethyl adjacent to an activating group) is 1. The van der Waals surface area contributed by atoms with Crippen molar-refractivity contribution in [2.75, 3.05) is 13.6 Å². The topological polar surface area (TPSA) is 69.7 Å². The Hall–Kier alpha value is -3.15. The first-order valence-electron chi connectivity index (χ1n) is 10.4. The van der Waals surface area contributed by atoms with Gasteiger partial charge in [0.2, 0.25) is 5.91 Å². The van der Waals surface area contributed by atoms with E-state index in [2.05, 4.69) is 12.2 Å². The minimum Gasteiger partial charge on any atom is -0.340 e. The van der Waals surface area contributed by atoms with Gasteiger partial charge in [0.15, 0.2) is 0 Å². The van der Waals surface area contributed by atoms with E-state index in [0.717, 1.165) is 28.9 Å². The highest BCUT2D eigenvalue weighted by atomic mass is 16.2. The lowest BCUT2D eigenvalue weighted by molar-refractivity contribution is -0.139. The summed E-state index contributed by atoms with van der Waals surface area (Å²) in [5.74, 6) is -0.645. The van der Waals surface area contributed by atoms with Crippen molar-refractivity contribution < 1.29 is 14.4 Å². The number of nitrogens with one attached hydrogen (secondary N) is 1. The molecule has 4 amide bonds. The van der Waals surface area contributed by atoms with Gasteiger partial charge in [-0.05, 0) is 29.5 Å². The molecule has 0 radical (unpaired) electrons. The smallest absolute Gasteiger partial charge is 0.325 e. The van der Waals surface area contributed by atoms with Crippen LogP contribution >= 0.6 is 0 Å². The summed E-state index contributed by atoms with van der Waals surface area (Å²) in [7, 11) is 1.69. The van der Waals surface area contributed by atoms with E-state index >= 15 is 0 Å². The summed E-state index contributed by atoms with van der Waals surface area (Å²) < 4.78 is 0. The minimum absolute atomic E-state index is 0.271. The summed E-state index contributed by atoms with van der Waals surface area (Å²) in [4.78, 5) is 41.3. The number of urea groups is 1. The van der Waals surface area contributed by atoms with Crippen molar-refractivity contribution in [3.05, 3.63) is 71.3 Å². The number of nitrogens with zero attached hydrogens (tertiary/aromatic N) is 2. The van der Waals surface area contributed by atoms with Gasteiger partial charge in [-0.15, -0.1) is 0 Å². The molecule has 0 unspecified atom stereocenters. The van der Waals surface area contributed by atoms with Crippen LogP contribution in [-0.4, -0.2) is 41.2 Å². The lowest BCUT2D eigenvalue weighted by Gasteiger charge is -2.27. The average molecular weight is 408 g/mol. The molecule has 30 heavy (non-hydrogen) atoms. The molecule has 1 heterocycles. The van der Waals surface area contributed by atoms with Gasteiger partial charge in [-0.2, -0.15) is 0 Å². The summed E-state index contributed by atoms with van der Waals surface area (Å²) in [6.45, 7) is 4.21. The number of imide groups is 1. The molecule has 2 aromatic carbocycles. The minimum atomic E-state index is -1.11. The molecule has 0 saturated carbocycles. The van der Waals surface area contributed by atoms with E-state index in [1.165, 1.54) is 5.56 Å². The molecule has 0 aromatic heterocycles. The Kier molecular flexibility index (Phi) is 6.55. The van der Waals surface area contributed by atoms with E-state index in [0.29, 0.717) is 13.0 Å². The number of hydrogen-bond donors (Lipinski definition) is 1. The summed E-state index contributed by atoms with van der Waals surface area (Å²) in [5, 5.41) is 2.86. The first-order chi connectivity index (χ1) is 14.4. The standard InChI is InChI=1S/C24H29N3O3/c1-4-15-24(20-9-7-6-8-10-20)22(29)27(23(30)25-24)17-21(28)26(3)16-19-13-11-18(5-2)12-14-19/h6-14H,4-5,15-17H2,1-3H3,(H,25,30)/t24-/m0/s1. The third-order valence-electron chi connectivity index (χ3n) is 5.64. The fraction of sp³-hybridized carbons (Fsp3) is 0.375. The van der Waals surface area contributed by atoms with Crippen LogP contribution in [-0.2, 0) is 28.1 Å². The highest BCUT2D eigenvalue weighted by Gasteiger charge is 2.52. The second kappa shape index (κ2) is 9.11. The van der Waals surface area contributed by atoms with Crippen molar-refractivity contribution in [3.63, 3.8) is 0 Å². The zero-order valence-corrected chi connectivity index (χ0v) is 17.9. The van der Waals surface area contributed by atoms with Crippen molar-refractivity contribution >= 4 is 17.8 Å². The number of rotatable bonds is 8. The van der Waals surface area contributed by atoms with Crippen LogP contribution in [0, 0.1) is 0 Å². The normalized spacial score (nSPS) is 18.4. The molecule has 0 bridgehead atoms. The summed E-state index contributed by atoms with van der Waals surface area (Å²) >= 11 is 0. The Morgan fingerprint density at radius 3 is 2.23 bits per heavy atom. The molecule has 2 aromatic rings. The van der Waals surface area contributed by atoms with Gasteiger partial charge in [0.25, 0.3) is 5.91 Å². The van der Waals surface area contributed by atoms with E-state index in [1.54, 1.807) is 11.9 Å². The summed E-state index contributed by atoms with van der Waals surface area (Å²) in [6.07, 6.45) is 2.16. The number of hydrogen-bond acceptors (Lipinski definition) is 3. The highest BCUT2D eigenvalue weighted by Crippen LogP contribution is 2.33. The van der Waals surface area contributed by atoms with E-state index < -0.39 is 11.6 Å². The first-order valence-corrected chi connectivity index (χ1v) is 10.4. The zero-order valence-electron chi connectivity index (χ0n) is 17.9. The van der Waals surface area contributed by atoms with E-state index in [4.69, 9.17) is 0 Å². The Morgan fingerprint density at radius 1 is 1.00 bits per heavy atom. The molecule has 3 rings (SSSR count). The van der Waals surface area contributed by atoms with Gasteiger partial charge in [-0.25, -0.2) is 4.79 Å². The van der Waals surface area contributed by atoms with Crippen LogP contribution in [0.25, 0.3) is 0 Å². The predicted molar refractivity (Wildman–Crippen MR) is 116 cm³/mol. The van der Waals surface area contributed by atoms with Crippen LogP contribution < -0.4 is 5.32 Å². The van der Waals surface area contributed by atoms with Crippen molar-refractivity contribution in [1.29, 1.82) is 0 Å². The average Bonchev–Trinajstić information content (AvgIpc) is 3.00. The molecule has 1 atom stereocenters. The number of aryl methyl sites for hydroxylation is 1. The molecule has 1 fully saturated rings. The largest absolute Gasteiger partial charge is 0.340 e. The summed E-state index contributed by atoms with van der Waals surface area (Å²) in [6, 6.07) is 16.8. The molecule has 6 heteroatoms. The van der Waals surface area contributed by atoms with Crippen molar-refractivity contribution in [2.24, 2.45) is 0 Å². The first kappa shape index (κ1) is 21.6. The van der Waals surface area contributed by atoms with Gasteiger partial charge < -0.3 is 10.2 Å².